The van der Waals surface area contributed by atoms with Gasteiger partial charge >= 0.3 is 17.8 Å². The highest BCUT2D eigenvalue weighted by Gasteiger charge is 2.30. The number of hydrogen-bond acceptors (Lipinski definition) is 7. The molecule has 8 nitrogen and oxygen atoms in total. The van der Waals surface area contributed by atoms with Crippen molar-refractivity contribution in [2.75, 3.05) is 11.9 Å². The maximum Gasteiger partial charge on any atom is 0.341 e. The number of fused-ring (bicyclic) bond motifs is 1. The van der Waals surface area contributed by atoms with E-state index in [0.29, 0.717) is 16.5 Å². The fourth-order valence-electron chi connectivity index (χ4n) is 3.08. The lowest BCUT2D eigenvalue weighted by molar-refractivity contribution is -0.136. The molecule has 1 aliphatic rings. The molecule has 0 aliphatic heterocycles. The summed E-state index contributed by atoms with van der Waals surface area (Å²) >= 11 is 1.33. The predicted octanol–water partition coefficient (Wildman–Crippen LogP) is 2.53. The van der Waals surface area contributed by atoms with Crippen LogP contribution in [0.3, 0.4) is 0 Å². The minimum Gasteiger partial charge on any atom is -0.462 e. The number of carbonyl (C=O) groups excluding carboxylic acids is 3. The Bertz CT molecular complexity index is 939. The summed E-state index contributed by atoms with van der Waals surface area (Å²) in [5, 5.41) is 6.67. The van der Waals surface area contributed by atoms with Crippen LogP contribution in [-0.4, -0.2) is 35.6 Å². The van der Waals surface area contributed by atoms with Crippen LogP contribution in [0.25, 0.3) is 0 Å². The summed E-state index contributed by atoms with van der Waals surface area (Å²) in [5.74, 6) is -1.80. The topological polar surface area (TPSA) is 110 Å². The maximum absolute atomic E-state index is 12.5. The average molecular weight is 414 g/mol. The van der Waals surface area contributed by atoms with Gasteiger partial charge < -0.3 is 10.1 Å². The van der Waals surface area contributed by atoms with Crippen LogP contribution in [0.15, 0.2) is 29.6 Å². The van der Waals surface area contributed by atoms with E-state index in [1.807, 2.05) is 0 Å². The van der Waals surface area contributed by atoms with Gasteiger partial charge in [0.15, 0.2) is 0 Å². The number of rotatable bonds is 5. The van der Waals surface area contributed by atoms with Crippen molar-refractivity contribution < 1.29 is 19.1 Å². The molecule has 2 heterocycles. The normalized spacial score (nSPS) is 15.6. The van der Waals surface area contributed by atoms with E-state index >= 15 is 0 Å². The fraction of sp³-hybridized carbons (Fsp3) is 0.350. The molecule has 0 aromatic carbocycles. The van der Waals surface area contributed by atoms with Crippen LogP contribution in [0.2, 0.25) is 0 Å². The third-order valence-electron chi connectivity index (χ3n) is 4.51. The number of thiophene rings is 1. The molecule has 2 aromatic rings. The quantitative estimate of drug-likeness (QED) is 0.338. The summed E-state index contributed by atoms with van der Waals surface area (Å²) < 4.78 is 5.16. The Labute approximate surface area is 172 Å². The second-order valence-electron chi connectivity index (χ2n) is 6.71. The molecule has 2 aromatic heterocycles. The zero-order chi connectivity index (χ0) is 20.8. The van der Waals surface area contributed by atoms with Crippen molar-refractivity contribution in [1.82, 2.24) is 10.4 Å². The van der Waals surface area contributed by atoms with Gasteiger partial charge in [0.2, 0.25) is 0 Å². The van der Waals surface area contributed by atoms with Gasteiger partial charge in [0.25, 0.3) is 0 Å². The lowest BCUT2D eigenvalue weighted by Crippen LogP contribution is -2.32. The molecule has 0 unspecified atom stereocenters. The Kier molecular flexibility index (Phi) is 6.71. The van der Waals surface area contributed by atoms with Gasteiger partial charge in [-0.2, -0.15) is 5.10 Å². The number of pyridine rings is 1. The van der Waals surface area contributed by atoms with E-state index in [1.165, 1.54) is 17.6 Å². The Morgan fingerprint density at radius 1 is 1.31 bits per heavy atom. The molecule has 0 radical (unpaired) electrons. The van der Waals surface area contributed by atoms with Gasteiger partial charge in [-0.05, 0) is 55.4 Å². The number of esters is 1. The van der Waals surface area contributed by atoms with Crippen LogP contribution in [0.5, 0.6) is 0 Å². The molecule has 2 N–H and O–H groups in total. The van der Waals surface area contributed by atoms with Gasteiger partial charge in [-0.1, -0.05) is 6.92 Å². The number of aromatic nitrogens is 1. The van der Waals surface area contributed by atoms with Crippen LogP contribution in [0, 0.1) is 5.92 Å². The zero-order valence-electron chi connectivity index (χ0n) is 16.2. The minimum absolute atomic E-state index is 0.234. The van der Waals surface area contributed by atoms with E-state index in [4.69, 9.17) is 4.74 Å². The van der Waals surface area contributed by atoms with Crippen molar-refractivity contribution in [1.29, 1.82) is 0 Å². The molecule has 0 saturated heterocycles. The number of hydrazone groups is 1. The second kappa shape index (κ2) is 9.42. The first-order valence-corrected chi connectivity index (χ1v) is 10.2. The molecule has 152 valence electrons. The molecule has 1 atom stereocenters. The molecule has 0 bridgehead atoms. The van der Waals surface area contributed by atoms with Crippen LogP contribution in [0.1, 0.15) is 46.6 Å². The van der Waals surface area contributed by atoms with Crippen molar-refractivity contribution in [3.63, 3.8) is 0 Å². The molecule has 9 heteroatoms. The number of anilines is 1. The minimum atomic E-state index is -0.926. The van der Waals surface area contributed by atoms with Crippen LogP contribution < -0.4 is 10.7 Å². The largest absolute Gasteiger partial charge is 0.462 e. The Morgan fingerprint density at radius 2 is 2.07 bits per heavy atom. The SMILES string of the molecule is CCOC(=O)c1c(NC(=O)C(=O)N/N=C\c2ccncc2)sc2c1CC[C@H](C)C2. The number of ether oxygens (including phenoxy) is 1. The van der Waals surface area contributed by atoms with E-state index in [-0.39, 0.29) is 6.61 Å². The summed E-state index contributed by atoms with van der Waals surface area (Å²) in [6.07, 6.45) is 7.14. The second-order valence-corrected chi connectivity index (χ2v) is 7.82. The molecule has 0 spiro atoms. The lowest BCUT2D eigenvalue weighted by atomic mass is 9.88. The van der Waals surface area contributed by atoms with Gasteiger partial charge in [0.05, 0.1) is 18.4 Å². The van der Waals surface area contributed by atoms with Gasteiger partial charge in [0.1, 0.15) is 5.00 Å². The average Bonchev–Trinajstić information content (AvgIpc) is 3.05. The van der Waals surface area contributed by atoms with Crippen LogP contribution in [0.4, 0.5) is 5.00 Å². The lowest BCUT2D eigenvalue weighted by Gasteiger charge is -2.18. The third-order valence-corrected chi connectivity index (χ3v) is 5.68. The molecule has 0 fully saturated rings. The summed E-state index contributed by atoms with van der Waals surface area (Å²) in [5.41, 5.74) is 4.18. The zero-order valence-corrected chi connectivity index (χ0v) is 17.0. The van der Waals surface area contributed by atoms with E-state index in [1.54, 1.807) is 31.5 Å². The number of amides is 2. The summed E-state index contributed by atoms with van der Waals surface area (Å²) in [7, 11) is 0. The van der Waals surface area contributed by atoms with Gasteiger partial charge in [0, 0.05) is 17.3 Å². The summed E-state index contributed by atoms with van der Waals surface area (Å²) in [6.45, 7) is 4.11. The monoisotopic (exact) mass is 414 g/mol. The molecule has 29 heavy (non-hydrogen) atoms. The molecule has 2 amide bonds. The first kappa shape index (κ1) is 20.7. The molecule has 1 aliphatic carbocycles. The Hall–Kier alpha value is -3.07. The van der Waals surface area contributed by atoms with Gasteiger partial charge in [-0.25, -0.2) is 10.2 Å². The predicted molar refractivity (Wildman–Crippen MR) is 110 cm³/mol. The van der Waals surface area contributed by atoms with E-state index in [0.717, 1.165) is 35.3 Å². The number of carbonyl (C=O) groups is 3. The summed E-state index contributed by atoms with van der Waals surface area (Å²) in [6, 6.07) is 3.41. The summed E-state index contributed by atoms with van der Waals surface area (Å²) in [4.78, 5) is 41.8. The van der Waals surface area contributed by atoms with Crippen LogP contribution in [-0.2, 0) is 27.2 Å². The van der Waals surface area contributed by atoms with Crippen molar-refractivity contribution in [2.24, 2.45) is 11.0 Å². The third kappa shape index (κ3) is 5.05. The molecule has 0 saturated carbocycles. The first-order valence-electron chi connectivity index (χ1n) is 9.35. The van der Waals surface area contributed by atoms with Crippen molar-refractivity contribution in [3.05, 3.63) is 46.1 Å². The van der Waals surface area contributed by atoms with Gasteiger partial charge in [-0.15, -0.1) is 11.3 Å². The Balaban J connectivity index is 1.72. The van der Waals surface area contributed by atoms with Crippen LogP contribution >= 0.6 is 11.3 Å². The molecular weight excluding hydrogens is 392 g/mol. The highest BCUT2D eigenvalue weighted by molar-refractivity contribution is 7.17. The Morgan fingerprint density at radius 3 is 2.79 bits per heavy atom. The number of hydrogen-bond donors (Lipinski definition) is 2. The standard InChI is InChI=1S/C20H22N4O4S/c1-3-28-20(27)16-14-5-4-12(2)10-15(14)29-19(16)23-17(25)18(26)24-22-11-13-6-8-21-9-7-13/h6-9,11-12H,3-5,10H2,1-2H3,(H,23,25)(H,24,26)/b22-11-/t12-/m0/s1. The fourth-order valence-corrected chi connectivity index (χ4v) is 4.48. The highest BCUT2D eigenvalue weighted by Crippen LogP contribution is 2.40. The molecular formula is C20H22N4O4S. The van der Waals surface area contributed by atoms with Gasteiger partial charge in [-0.3, -0.25) is 14.6 Å². The maximum atomic E-state index is 12.5. The first-order chi connectivity index (χ1) is 14.0. The van der Waals surface area contributed by atoms with Crippen molar-refractivity contribution in [3.8, 4) is 0 Å². The van der Waals surface area contributed by atoms with E-state index < -0.39 is 17.8 Å². The van der Waals surface area contributed by atoms with E-state index in [9.17, 15) is 14.4 Å². The highest BCUT2D eigenvalue weighted by atomic mass is 32.1. The number of nitrogens with zero attached hydrogens (tertiary/aromatic N) is 2. The van der Waals surface area contributed by atoms with Crippen molar-refractivity contribution in [2.45, 2.75) is 33.1 Å². The van der Waals surface area contributed by atoms with E-state index in [2.05, 4.69) is 27.8 Å². The number of nitrogens with one attached hydrogen (secondary N) is 2. The van der Waals surface area contributed by atoms with Crippen molar-refractivity contribution >= 4 is 40.3 Å². The smallest absolute Gasteiger partial charge is 0.341 e. The molecule has 3 rings (SSSR count).